The van der Waals surface area contributed by atoms with E-state index in [1.165, 1.54) is 12.8 Å². The molecule has 3 atom stereocenters. The third kappa shape index (κ3) is 3.23. The van der Waals surface area contributed by atoms with Crippen molar-refractivity contribution in [2.75, 3.05) is 19.8 Å². The summed E-state index contributed by atoms with van der Waals surface area (Å²) in [7, 11) is 0. The summed E-state index contributed by atoms with van der Waals surface area (Å²) < 4.78 is 5.39. The zero-order valence-corrected chi connectivity index (χ0v) is 11.4. The molecule has 0 aromatic carbocycles. The lowest BCUT2D eigenvalue weighted by atomic mass is 9.76. The average molecular weight is 254 g/mol. The second-order valence-corrected chi connectivity index (χ2v) is 6.09. The number of carbonyl (C=O) groups excluding carboxylic acids is 1. The predicted octanol–water partition coefficient (Wildman–Crippen LogP) is 1.44. The molecule has 4 heteroatoms. The van der Waals surface area contributed by atoms with Crippen LogP contribution in [0.2, 0.25) is 0 Å². The summed E-state index contributed by atoms with van der Waals surface area (Å²) in [6.07, 6.45) is 6.39. The number of rotatable bonds is 3. The molecule has 18 heavy (non-hydrogen) atoms. The second-order valence-electron chi connectivity index (χ2n) is 6.09. The fraction of sp³-hybridized carbons (Fsp3) is 0.929. The normalized spacial score (nSPS) is 37.2. The Morgan fingerprint density at radius 1 is 1.44 bits per heavy atom. The molecule has 1 saturated heterocycles. The van der Waals surface area contributed by atoms with Gasteiger partial charge in [0, 0.05) is 13.2 Å². The van der Waals surface area contributed by atoms with Gasteiger partial charge in [-0.15, -0.1) is 0 Å². The van der Waals surface area contributed by atoms with E-state index in [4.69, 9.17) is 10.5 Å². The number of hydrogen-bond acceptors (Lipinski definition) is 3. The highest BCUT2D eigenvalue weighted by atomic mass is 16.5. The lowest BCUT2D eigenvalue weighted by Crippen LogP contribution is -2.57. The van der Waals surface area contributed by atoms with Crippen LogP contribution in [0.25, 0.3) is 0 Å². The first-order valence-corrected chi connectivity index (χ1v) is 7.25. The molecule has 3 unspecified atom stereocenters. The highest BCUT2D eigenvalue weighted by Crippen LogP contribution is 2.32. The smallest absolute Gasteiger partial charge is 0.225 e. The van der Waals surface area contributed by atoms with Crippen molar-refractivity contribution in [2.45, 2.75) is 51.0 Å². The minimum Gasteiger partial charge on any atom is -0.381 e. The van der Waals surface area contributed by atoms with Gasteiger partial charge in [0.25, 0.3) is 0 Å². The van der Waals surface area contributed by atoms with Crippen LogP contribution < -0.4 is 11.1 Å². The number of ether oxygens (including phenoxy) is 1. The quantitative estimate of drug-likeness (QED) is 0.801. The molecule has 4 nitrogen and oxygen atoms in total. The van der Waals surface area contributed by atoms with Crippen molar-refractivity contribution in [2.24, 2.45) is 17.6 Å². The molecule has 0 aromatic heterocycles. The van der Waals surface area contributed by atoms with Crippen LogP contribution >= 0.6 is 0 Å². The standard InChI is InChI=1S/C14H26N2O2/c1-11-4-2-6-14(8-11,10-15)16-13(17)12-5-3-7-18-9-12/h11-12H,2-10,15H2,1H3,(H,16,17). The van der Waals surface area contributed by atoms with Crippen LogP contribution in [-0.4, -0.2) is 31.2 Å². The maximum absolute atomic E-state index is 12.3. The van der Waals surface area contributed by atoms with Gasteiger partial charge in [-0.2, -0.15) is 0 Å². The molecule has 2 rings (SSSR count). The predicted molar refractivity (Wildman–Crippen MR) is 71.1 cm³/mol. The third-order valence-electron chi connectivity index (χ3n) is 4.40. The van der Waals surface area contributed by atoms with Crippen molar-refractivity contribution in [3.8, 4) is 0 Å². The van der Waals surface area contributed by atoms with Gasteiger partial charge in [-0.05, 0) is 31.6 Å². The molecule has 0 aromatic rings. The Labute approximate surface area is 110 Å². The fourth-order valence-electron chi connectivity index (χ4n) is 3.32. The molecule has 0 radical (unpaired) electrons. The van der Waals surface area contributed by atoms with E-state index in [-0.39, 0.29) is 17.4 Å². The van der Waals surface area contributed by atoms with Crippen molar-refractivity contribution < 1.29 is 9.53 Å². The molecule has 0 spiro atoms. The fourth-order valence-corrected chi connectivity index (χ4v) is 3.32. The van der Waals surface area contributed by atoms with Gasteiger partial charge in [0.15, 0.2) is 0 Å². The highest BCUT2D eigenvalue weighted by molar-refractivity contribution is 5.79. The van der Waals surface area contributed by atoms with E-state index in [9.17, 15) is 4.79 Å². The van der Waals surface area contributed by atoms with Crippen molar-refractivity contribution in [1.29, 1.82) is 0 Å². The maximum Gasteiger partial charge on any atom is 0.225 e. The van der Waals surface area contributed by atoms with Gasteiger partial charge in [0.1, 0.15) is 0 Å². The molecule has 1 heterocycles. The summed E-state index contributed by atoms with van der Waals surface area (Å²) in [5.41, 5.74) is 5.77. The number of hydrogen-bond donors (Lipinski definition) is 2. The minimum atomic E-state index is -0.161. The topological polar surface area (TPSA) is 64.3 Å². The van der Waals surface area contributed by atoms with Gasteiger partial charge >= 0.3 is 0 Å². The molecule has 1 amide bonds. The highest BCUT2D eigenvalue weighted by Gasteiger charge is 2.36. The molecule has 1 aliphatic heterocycles. The summed E-state index contributed by atoms with van der Waals surface area (Å²) in [5.74, 6) is 0.832. The average Bonchev–Trinajstić information content (AvgIpc) is 2.39. The molecular weight excluding hydrogens is 228 g/mol. The summed E-state index contributed by atoms with van der Waals surface area (Å²) in [5, 5.41) is 3.24. The summed E-state index contributed by atoms with van der Waals surface area (Å²) in [6, 6.07) is 0. The first kappa shape index (κ1) is 13.8. The number of nitrogens with one attached hydrogen (secondary N) is 1. The molecule has 2 aliphatic rings. The van der Waals surface area contributed by atoms with E-state index >= 15 is 0 Å². The first-order valence-electron chi connectivity index (χ1n) is 7.25. The summed E-state index contributed by atoms with van der Waals surface area (Å²) >= 11 is 0. The Morgan fingerprint density at radius 2 is 2.28 bits per heavy atom. The Kier molecular flexibility index (Phi) is 4.62. The van der Waals surface area contributed by atoms with E-state index in [1.807, 2.05) is 0 Å². The Bertz CT molecular complexity index is 290. The van der Waals surface area contributed by atoms with E-state index in [1.54, 1.807) is 0 Å². The summed E-state index contributed by atoms with van der Waals surface area (Å²) in [6.45, 7) is 4.17. The van der Waals surface area contributed by atoms with Crippen LogP contribution in [0, 0.1) is 11.8 Å². The van der Waals surface area contributed by atoms with Gasteiger partial charge in [0.2, 0.25) is 5.91 Å². The van der Waals surface area contributed by atoms with Crippen LogP contribution in [0.3, 0.4) is 0 Å². The van der Waals surface area contributed by atoms with E-state index in [0.29, 0.717) is 19.1 Å². The van der Waals surface area contributed by atoms with Crippen LogP contribution in [-0.2, 0) is 9.53 Å². The van der Waals surface area contributed by atoms with Crippen molar-refractivity contribution in [1.82, 2.24) is 5.32 Å². The van der Waals surface area contributed by atoms with Gasteiger partial charge in [0.05, 0.1) is 18.1 Å². The van der Waals surface area contributed by atoms with Gasteiger partial charge in [-0.1, -0.05) is 19.8 Å². The monoisotopic (exact) mass is 254 g/mol. The minimum absolute atomic E-state index is 0.0272. The zero-order valence-electron chi connectivity index (χ0n) is 11.4. The maximum atomic E-state index is 12.3. The molecule has 0 bridgehead atoms. The number of amides is 1. The first-order chi connectivity index (χ1) is 8.65. The van der Waals surface area contributed by atoms with Crippen molar-refractivity contribution in [3.05, 3.63) is 0 Å². The second kappa shape index (κ2) is 6.02. The zero-order chi connectivity index (χ0) is 13.0. The lowest BCUT2D eigenvalue weighted by molar-refractivity contribution is -0.131. The van der Waals surface area contributed by atoms with Crippen LogP contribution in [0.15, 0.2) is 0 Å². The molecule has 1 saturated carbocycles. The van der Waals surface area contributed by atoms with Gasteiger partial charge in [-0.25, -0.2) is 0 Å². The van der Waals surface area contributed by atoms with Crippen molar-refractivity contribution in [3.63, 3.8) is 0 Å². The largest absolute Gasteiger partial charge is 0.381 e. The van der Waals surface area contributed by atoms with Crippen LogP contribution in [0.4, 0.5) is 0 Å². The summed E-state index contributed by atoms with van der Waals surface area (Å²) in [4.78, 5) is 12.3. The van der Waals surface area contributed by atoms with Gasteiger partial charge < -0.3 is 15.8 Å². The van der Waals surface area contributed by atoms with Gasteiger partial charge in [-0.3, -0.25) is 4.79 Å². The van der Waals surface area contributed by atoms with E-state index in [2.05, 4.69) is 12.2 Å². The van der Waals surface area contributed by atoms with Crippen molar-refractivity contribution >= 4 is 5.91 Å². The molecular formula is C14H26N2O2. The van der Waals surface area contributed by atoms with E-state index < -0.39 is 0 Å². The third-order valence-corrected chi connectivity index (χ3v) is 4.40. The Balaban J connectivity index is 1.94. The molecule has 2 fully saturated rings. The SMILES string of the molecule is CC1CCCC(CN)(NC(=O)C2CCCOC2)C1. The molecule has 3 N–H and O–H groups in total. The number of nitrogens with two attached hydrogens (primary N) is 1. The lowest BCUT2D eigenvalue weighted by Gasteiger charge is -2.41. The number of carbonyl (C=O) groups is 1. The van der Waals surface area contributed by atoms with Crippen LogP contribution in [0.1, 0.15) is 45.4 Å². The van der Waals surface area contributed by atoms with Crippen LogP contribution in [0.5, 0.6) is 0 Å². The Hall–Kier alpha value is -0.610. The molecule has 1 aliphatic carbocycles. The molecule has 104 valence electrons. The Morgan fingerprint density at radius 3 is 2.89 bits per heavy atom. The van der Waals surface area contributed by atoms with E-state index in [0.717, 1.165) is 32.3 Å².